The summed E-state index contributed by atoms with van der Waals surface area (Å²) < 4.78 is 5.26. The second-order valence-corrected chi connectivity index (χ2v) is 7.17. The Hall–Kier alpha value is -1.62. The largest absolute Gasteiger partial charge is 0.495 e. The molecule has 126 valence electrons. The topological polar surface area (TPSA) is 50.4 Å². The van der Waals surface area contributed by atoms with E-state index in [-0.39, 0.29) is 11.3 Å². The first-order chi connectivity index (χ1) is 10.9. The Morgan fingerprint density at radius 1 is 1.35 bits per heavy atom. The van der Waals surface area contributed by atoms with E-state index >= 15 is 0 Å². The standard InChI is InChI=1S/C18H26N2O2S/c1-5-12-10-13(18(12,2)3)11-16(21)20-17(23)19-14-8-6-7-9-15(14)22-4/h6-9,12-13H,5,10-11H2,1-4H3,(H2,19,20,21,23)/t12-,13+/m0/s1. The maximum absolute atomic E-state index is 12.2. The van der Waals surface area contributed by atoms with Crippen LogP contribution in [0.2, 0.25) is 0 Å². The van der Waals surface area contributed by atoms with Crippen LogP contribution in [0.5, 0.6) is 5.75 Å². The fourth-order valence-corrected chi connectivity index (χ4v) is 3.69. The molecule has 1 aliphatic carbocycles. The molecule has 1 aromatic carbocycles. The molecule has 4 nitrogen and oxygen atoms in total. The van der Waals surface area contributed by atoms with Crippen molar-refractivity contribution >= 4 is 28.9 Å². The van der Waals surface area contributed by atoms with Gasteiger partial charge in [0.15, 0.2) is 5.11 Å². The summed E-state index contributed by atoms with van der Waals surface area (Å²) in [4.78, 5) is 12.2. The van der Waals surface area contributed by atoms with Gasteiger partial charge in [0.2, 0.25) is 5.91 Å². The second kappa shape index (κ2) is 7.30. The van der Waals surface area contributed by atoms with Crippen LogP contribution in [0.15, 0.2) is 24.3 Å². The Kier molecular flexibility index (Phi) is 5.63. The van der Waals surface area contributed by atoms with E-state index in [4.69, 9.17) is 17.0 Å². The normalized spacial score (nSPS) is 21.9. The number of rotatable bonds is 5. The van der Waals surface area contributed by atoms with Crippen LogP contribution in [0.3, 0.4) is 0 Å². The molecule has 1 aliphatic rings. The maximum Gasteiger partial charge on any atom is 0.226 e. The van der Waals surface area contributed by atoms with Crippen molar-refractivity contribution in [3.8, 4) is 5.75 Å². The number of hydrogen-bond donors (Lipinski definition) is 2. The average Bonchev–Trinajstić information content (AvgIpc) is 2.51. The lowest BCUT2D eigenvalue weighted by molar-refractivity contribution is -0.125. The van der Waals surface area contributed by atoms with Gasteiger partial charge in [-0.25, -0.2) is 0 Å². The molecular weight excluding hydrogens is 308 g/mol. The van der Waals surface area contributed by atoms with Crippen LogP contribution in [0.25, 0.3) is 0 Å². The van der Waals surface area contributed by atoms with Gasteiger partial charge in [0.25, 0.3) is 0 Å². The number of carbonyl (C=O) groups excluding carboxylic acids is 1. The van der Waals surface area contributed by atoms with E-state index < -0.39 is 0 Å². The van der Waals surface area contributed by atoms with Crippen LogP contribution in [0.4, 0.5) is 5.69 Å². The Morgan fingerprint density at radius 2 is 2.04 bits per heavy atom. The predicted molar refractivity (Wildman–Crippen MR) is 97.6 cm³/mol. The summed E-state index contributed by atoms with van der Waals surface area (Å²) in [5.74, 6) is 1.82. The van der Waals surface area contributed by atoms with E-state index in [0.717, 1.165) is 18.0 Å². The van der Waals surface area contributed by atoms with E-state index in [1.54, 1.807) is 7.11 Å². The van der Waals surface area contributed by atoms with Crippen LogP contribution in [0, 0.1) is 17.3 Å². The Morgan fingerprint density at radius 3 is 2.65 bits per heavy atom. The molecule has 0 radical (unpaired) electrons. The number of ether oxygens (including phenoxy) is 1. The molecule has 1 amide bonds. The van der Waals surface area contributed by atoms with E-state index in [1.165, 1.54) is 6.42 Å². The number of methoxy groups -OCH3 is 1. The van der Waals surface area contributed by atoms with Gasteiger partial charge in [-0.05, 0) is 48.0 Å². The Bertz CT molecular complexity index is 586. The van der Waals surface area contributed by atoms with Gasteiger partial charge >= 0.3 is 0 Å². The number of para-hydroxylation sites is 2. The highest BCUT2D eigenvalue weighted by atomic mass is 32.1. The second-order valence-electron chi connectivity index (χ2n) is 6.77. The number of amides is 1. The zero-order valence-corrected chi connectivity index (χ0v) is 15.1. The van der Waals surface area contributed by atoms with Gasteiger partial charge in [0, 0.05) is 6.42 Å². The minimum Gasteiger partial charge on any atom is -0.495 e. The molecule has 1 saturated carbocycles. The molecule has 5 heteroatoms. The molecule has 1 fully saturated rings. The fourth-order valence-electron chi connectivity index (χ4n) is 3.47. The minimum absolute atomic E-state index is 0.0231. The highest BCUT2D eigenvalue weighted by Gasteiger charge is 2.47. The SMILES string of the molecule is CC[C@H]1C[C@H](CC(=O)NC(=S)Nc2ccccc2OC)C1(C)C. The summed E-state index contributed by atoms with van der Waals surface area (Å²) >= 11 is 5.23. The van der Waals surface area contributed by atoms with Crippen LogP contribution in [-0.2, 0) is 4.79 Å². The van der Waals surface area contributed by atoms with Crippen molar-refractivity contribution in [3.63, 3.8) is 0 Å². The Balaban J connectivity index is 1.85. The van der Waals surface area contributed by atoms with Gasteiger partial charge in [-0.15, -0.1) is 0 Å². The van der Waals surface area contributed by atoms with Gasteiger partial charge in [-0.2, -0.15) is 0 Å². The molecule has 1 aromatic rings. The van der Waals surface area contributed by atoms with E-state index in [2.05, 4.69) is 31.4 Å². The number of anilines is 1. The molecule has 0 unspecified atom stereocenters. The van der Waals surface area contributed by atoms with Gasteiger partial charge < -0.3 is 15.4 Å². The van der Waals surface area contributed by atoms with Crippen molar-refractivity contribution in [3.05, 3.63) is 24.3 Å². The van der Waals surface area contributed by atoms with Crippen molar-refractivity contribution in [2.75, 3.05) is 12.4 Å². The van der Waals surface area contributed by atoms with Gasteiger partial charge in [-0.1, -0.05) is 39.3 Å². The molecule has 2 N–H and O–H groups in total. The first-order valence-corrected chi connectivity index (χ1v) is 8.53. The van der Waals surface area contributed by atoms with Crippen LogP contribution >= 0.6 is 12.2 Å². The molecule has 0 bridgehead atoms. The summed E-state index contributed by atoms with van der Waals surface area (Å²) in [6.07, 6.45) is 2.83. The zero-order valence-electron chi connectivity index (χ0n) is 14.3. The monoisotopic (exact) mass is 334 g/mol. The van der Waals surface area contributed by atoms with Crippen LogP contribution in [0.1, 0.15) is 40.0 Å². The minimum atomic E-state index is -0.0231. The van der Waals surface area contributed by atoms with Gasteiger partial charge in [0.1, 0.15) is 5.75 Å². The van der Waals surface area contributed by atoms with Gasteiger partial charge in [0.05, 0.1) is 12.8 Å². The van der Waals surface area contributed by atoms with Crippen LogP contribution in [-0.4, -0.2) is 18.1 Å². The lowest BCUT2D eigenvalue weighted by atomic mass is 9.53. The number of benzene rings is 1. The Labute approximate surface area is 144 Å². The smallest absolute Gasteiger partial charge is 0.226 e. The fraction of sp³-hybridized carbons (Fsp3) is 0.556. The number of hydrogen-bond acceptors (Lipinski definition) is 3. The maximum atomic E-state index is 12.2. The number of thiocarbonyl (C=S) groups is 1. The molecule has 2 atom stereocenters. The van der Waals surface area contributed by atoms with E-state index in [1.807, 2.05) is 24.3 Å². The molecular formula is C18H26N2O2S. The molecule has 0 saturated heterocycles. The van der Waals surface area contributed by atoms with E-state index in [0.29, 0.717) is 23.2 Å². The summed E-state index contributed by atoms with van der Waals surface area (Å²) in [6.45, 7) is 6.73. The average molecular weight is 334 g/mol. The molecule has 0 spiro atoms. The molecule has 2 rings (SSSR count). The summed E-state index contributed by atoms with van der Waals surface area (Å²) in [5.41, 5.74) is 0.986. The van der Waals surface area contributed by atoms with Crippen molar-refractivity contribution in [2.45, 2.75) is 40.0 Å². The predicted octanol–water partition coefficient (Wildman–Crippen LogP) is 3.97. The molecule has 23 heavy (non-hydrogen) atoms. The van der Waals surface area contributed by atoms with Crippen molar-refractivity contribution in [2.24, 2.45) is 17.3 Å². The van der Waals surface area contributed by atoms with Crippen molar-refractivity contribution < 1.29 is 9.53 Å². The van der Waals surface area contributed by atoms with E-state index in [9.17, 15) is 4.79 Å². The highest BCUT2D eigenvalue weighted by molar-refractivity contribution is 7.80. The molecule has 0 aliphatic heterocycles. The first-order valence-electron chi connectivity index (χ1n) is 8.12. The summed E-state index contributed by atoms with van der Waals surface area (Å²) in [5, 5.41) is 6.10. The lowest BCUT2D eigenvalue weighted by Crippen LogP contribution is -2.47. The van der Waals surface area contributed by atoms with Gasteiger partial charge in [-0.3, -0.25) is 4.79 Å². The third-order valence-electron chi connectivity index (χ3n) is 5.21. The number of carbonyl (C=O) groups is 1. The quantitative estimate of drug-likeness (QED) is 0.800. The number of nitrogens with one attached hydrogen (secondary N) is 2. The van der Waals surface area contributed by atoms with Crippen LogP contribution < -0.4 is 15.4 Å². The van der Waals surface area contributed by atoms with Crippen molar-refractivity contribution in [1.82, 2.24) is 5.32 Å². The van der Waals surface area contributed by atoms with Crippen molar-refractivity contribution in [1.29, 1.82) is 0 Å². The first kappa shape index (κ1) is 17.7. The third-order valence-corrected chi connectivity index (χ3v) is 5.41. The highest BCUT2D eigenvalue weighted by Crippen LogP contribution is 2.54. The lowest BCUT2D eigenvalue weighted by Gasteiger charge is -2.52. The molecule has 0 aromatic heterocycles. The zero-order chi connectivity index (χ0) is 17.0. The summed E-state index contributed by atoms with van der Waals surface area (Å²) in [7, 11) is 1.60. The summed E-state index contributed by atoms with van der Waals surface area (Å²) in [6, 6.07) is 7.47. The third kappa shape index (κ3) is 4.02. The molecule has 0 heterocycles.